The molecule has 0 radical (unpaired) electrons. The Morgan fingerprint density at radius 1 is 1.26 bits per heavy atom. The highest BCUT2D eigenvalue weighted by atomic mass is 35.5. The number of hydrogen-bond acceptors (Lipinski definition) is 7. The molecule has 0 bridgehead atoms. The number of nitrogens with one attached hydrogen (secondary N) is 1. The molecule has 2 heterocycles. The molecule has 1 atom stereocenters. The van der Waals surface area contributed by atoms with Crippen LogP contribution in [0.4, 0.5) is 11.6 Å². The van der Waals surface area contributed by atoms with Gasteiger partial charge in [-0.3, -0.25) is 4.79 Å². The first-order chi connectivity index (χ1) is 16.4. The van der Waals surface area contributed by atoms with E-state index >= 15 is 0 Å². The lowest BCUT2D eigenvalue weighted by atomic mass is 9.85. The van der Waals surface area contributed by atoms with Crippen LogP contribution in [0.3, 0.4) is 0 Å². The third-order valence-corrected chi connectivity index (χ3v) is 6.80. The second kappa shape index (κ2) is 11.4. The van der Waals surface area contributed by atoms with Crippen molar-refractivity contribution in [3.05, 3.63) is 52.5 Å². The second-order valence-electron chi connectivity index (χ2n) is 8.52. The van der Waals surface area contributed by atoms with Crippen molar-refractivity contribution in [2.45, 2.75) is 26.3 Å². The van der Waals surface area contributed by atoms with Gasteiger partial charge in [-0.15, -0.1) is 22.6 Å². The number of carboxylic acids is 1. The van der Waals surface area contributed by atoms with Crippen LogP contribution >= 0.6 is 24.0 Å². The van der Waals surface area contributed by atoms with Gasteiger partial charge in [0.15, 0.2) is 11.6 Å². The summed E-state index contributed by atoms with van der Waals surface area (Å²) in [6, 6.07) is 13.3. The van der Waals surface area contributed by atoms with Crippen LogP contribution in [0.25, 0.3) is 10.8 Å². The molecule has 1 aromatic heterocycles. The molecule has 0 aliphatic carbocycles. The first kappa shape index (κ1) is 26.3. The van der Waals surface area contributed by atoms with E-state index in [0.717, 1.165) is 35.0 Å². The SMILES string of the molecule is COc1ccc(CNc2nnc(N3CCC(C(C)C(=O)O)CC3)c3ccc(C#N)cc23)cc1Cl.Cl. The minimum absolute atomic E-state index is 0. The molecule has 8 nitrogen and oxygen atoms in total. The minimum Gasteiger partial charge on any atom is -0.495 e. The highest BCUT2D eigenvalue weighted by Gasteiger charge is 2.29. The van der Waals surface area contributed by atoms with Crippen molar-refractivity contribution in [1.29, 1.82) is 5.26 Å². The molecule has 1 aliphatic rings. The zero-order valence-corrected chi connectivity index (χ0v) is 21.1. The number of nitrogens with zero attached hydrogens (tertiary/aromatic N) is 4. The molecule has 1 saturated heterocycles. The van der Waals surface area contributed by atoms with Gasteiger partial charge in [-0.05, 0) is 54.7 Å². The van der Waals surface area contributed by atoms with E-state index < -0.39 is 5.97 Å². The highest BCUT2D eigenvalue weighted by molar-refractivity contribution is 6.32. The summed E-state index contributed by atoms with van der Waals surface area (Å²) in [4.78, 5) is 13.5. The second-order valence-corrected chi connectivity index (χ2v) is 8.93. The summed E-state index contributed by atoms with van der Waals surface area (Å²) in [5.74, 6) is 0.981. The van der Waals surface area contributed by atoms with Crippen molar-refractivity contribution in [1.82, 2.24) is 10.2 Å². The quantitative estimate of drug-likeness (QED) is 0.445. The molecule has 3 aromatic rings. The Hall–Kier alpha value is -3.28. The van der Waals surface area contributed by atoms with E-state index in [9.17, 15) is 15.2 Å². The molecule has 0 saturated carbocycles. The Balaban J connectivity index is 0.00000342. The van der Waals surface area contributed by atoms with Gasteiger partial charge in [0, 0.05) is 30.4 Å². The van der Waals surface area contributed by atoms with Gasteiger partial charge in [0.1, 0.15) is 5.75 Å². The van der Waals surface area contributed by atoms with Crippen LogP contribution < -0.4 is 15.0 Å². The van der Waals surface area contributed by atoms with E-state index in [1.54, 1.807) is 20.1 Å². The van der Waals surface area contributed by atoms with Gasteiger partial charge in [0.25, 0.3) is 0 Å². The number of rotatable bonds is 7. The van der Waals surface area contributed by atoms with Crippen molar-refractivity contribution in [3.8, 4) is 11.8 Å². The Morgan fingerprint density at radius 2 is 2.00 bits per heavy atom. The molecule has 2 aromatic carbocycles. The summed E-state index contributed by atoms with van der Waals surface area (Å²) in [5.41, 5.74) is 1.49. The first-order valence-electron chi connectivity index (χ1n) is 11.2. The zero-order valence-electron chi connectivity index (χ0n) is 19.5. The third-order valence-electron chi connectivity index (χ3n) is 6.50. The standard InChI is InChI=1S/C25H26ClN5O3.ClH/c1-15(25(32)33)18-7-9-31(10-8-18)24-19-5-3-16(13-27)11-20(19)23(29-30-24)28-14-17-4-6-22(34-2)21(26)12-17;/h3-6,11-12,15,18H,7-10,14H2,1-2H3,(H,28,29)(H,32,33);1H. The van der Waals surface area contributed by atoms with Crippen LogP contribution in [0, 0.1) is 23.2 Å². The van der Waals surface area contributed by atoms with Crippen LogP contribution in [-0.4, -0.2) is 41.5 Å². The average Bonchev–Trinajstić information content (AvgIpc) is 2.86. The molecule has 4 rings (SSSR count). The number of aromatic nitrogens is 2. The summed E-state index contributed by atoms with van der Waals surface area (Å²) >= 11 is 6.24. The average molecular weight is 516 g/mol. The zero-order chi connectivity index (χ0) is 24.2. The van der Waals surface area contributed by atoms with E-state index in [-0.39, 0.29) is 24.2 Å². The molecule has 1 unspecified atom stereocenters. The van der Waals surface area contributed by atoms with Gasteiger partial charge in [0.2, 0.25) is 0 Å². The Morgan fingerprint density at radius 3 is 2.63 bits per heavy atom. The number of benzene rings is 2. The van der Waals surface area contributed by atoms with Crippen LogP contribution in [0.15, 0.2) is 36.4 Å². The van der Waals surface area contributed by atoms with E-state index in [0.29, 0.717) is 41.8 Å². The van der Waals surface area contributed by atoms with Crippen LogP contribution in [-0.2, 0) is 11.3 Å². The maximum atomic E-state index is 11.4. The van der Waals surface area contributed by atoms with Gasteiger partial charge in [0.05, 0.1) is 29.7 Å². The minimum atomic E-state index is -0.749. The monoisotopic (exact) mass is 515 g/mol. The molecular formula is C25H27Cl2N5O3. The van der Waals surface area contributed by atoms with Crippen molar-refractivity contribution < 1.29 is 14.6 Å². The number of carboxylic acid groups (broad SMARTS) is 1. The highest BCUT2D eigenvalue weighted by Crippen LogP contribution is 2.34. The molecule has 10 heteroatoms. The lowest BCUT2D eigenvalue weighted by Crippen LogP contribution is -2.38. The predicted molar refractivity (Wildman–Crippen MR) is 139 cm³/mol. The van der Waals surface area contributed by atoms with E-state index in [2.05, 4.69) is 26.5 Å². The smallest absolute Gasteiger partial charge is 0.306 e. The van der Waals surface area contributed by atoms with Gasteiger partial charge < -0.3 is 20.1 Å². The predicted octanol–water partition coefficient (Wildman–Crippen LogP) is 5.13. The molecule has 0 spiro atoms. The fourth-order valence-corrected chi connectivity index (χ4v) is 4.67. The lowest BCUT2D eigenvalue weighted by Gasteiger charge is -2.34. The molecular weight excluding hydrogens is 489 g/mol. The largest absolute Gasteiger partial charge is 0.495 e. The Kier molecular flexibility index (Phi) is 8.60. The topological polar surface area (TPSA) is 111 Å². The van der Waals surface area contributed by atoms with Crippen LogP contribution in [0.1, 0.15) is 30.9 Å². The van der Waals surface area contributed by atoms with Crippen molar-refractivity contribution in [2.75, 3.05) is 30.4 Å². The molecule has 2 N–H and O–H groups in total. The van der Waals surface area contributed by atoms with Crippen molar-refractivity contribution >= 4 is 52.4 Å². The van der Waals surface area contributed by atoms with Crippen molar-refractivity contribution in [2.24, 2.45) is 11.8 Å². The summed E-state index contributed by atoms with van der Waals surface area (Å²) in [6.45, 7) is 3.67. The van der Waals surface area contributed by atoms with Gasteiger partial charge in [-0.2, -0.15) is 5.26 Å². The Bertz CT molecular complexity index is 1260. The fourth-order valence-electron chi connectivity index (χ4n) is 4.39. The number of fused-ring (bicyclic) bond motifs is 1. The van der Waals surface area contributed by atoms with Crippen molar-refractivity contribution in [3.63, 3.8) is 0 Å². The summed E-state index contributed by atoms with van der Waals surface area (Å²) in [5, 5.41) is 33.3. The molecule has 0 amide bonds. The summed E-state index contributed by atoms with van der Waals surface area (Å²) in [6.07, 6.45) is 1.57. The molecule has 1 fully saturated rings. The summed E-state index contributed by atoms with van der Waals surface area (Å²) < 4.78 is 5.21. The van der Waals surface area contributed by atoms with Gasteiger partial charge in [-0.25, -0.2) is 0 Å². The number of carbonyl (C=O) groups is 1. The van der Waals surface area contributed by atoms with E-state index in [1.807, 2.05) is 30.3 Å². The lowest BCUT2D eigenvalue weighted by molar-refractivity contribution is -0.143. The van der Waals surface area contributed by atoms with E-state index in [1.165, 1.54) is 0 Å². The van der Waals surface area contributed by atoms with Gasteiger partial charge >= 0.3 is 5.97 Å². The number of nitriles is 1. The Labute approximate surface area is 215 Å². The number of piperidine rings is 1. The number of ether oxygens (including phenoxy) is 1. The number of aliphatic carboxylic acids is 1. The number of anilines is 2. The molecule has 184 valence electrons. The van der Waals surface area contributed by atoms with Crippen LogP contribution in [0.2, 0.25) is 5.02 Å². The molecule has 1 aliphatic heterocycles. The maximum absolute atomic E-state index is 11.4. The normalized spacial score (nSPS) is 14.6. The van der Waals surface area contributed by atoms with E-state index in [4.69, 9.17) is 16.3 Å². The number of halogens is 2. The number of hydrogen-bond donors (Lipinski definition) is 2. The third kappa shape index (κ3) is 5.69. The maximum Gasteiger partial charge on any atom is 0.306 e. The summed E-state index contributed by atoms with van der Waals surface area (Å²) in [7, 11) is 1.57. The van der Waals surface area contributed by atoms with Gasteiger partial charge in [-0.1, -0.05) is 24.6 Å². The number of methoxy groups -OCH3 is 1. The van der Waals surface area contributed by atoms with Crippen LogP contribution in [0.5, 0.6) is 5.75 Å². The molecule has 35 heavy (non-hydrogen) atoms. The first-order valence-corrected chi connectivity index (χ1v) is 11.5. The fraction of sp³-hybridized carbons (Fsp3) is 0.360.